The van der Waals surface area contributed by atoms with Crippen LogP contribution in [0, 0.1) is 6.92 Å². The van der Waals surface area contributed by atoms with Crippen LogP contribution in [0.3, 0.4) is 0 Å². The van der Waals surface area contributed by atoms with Crippen LogP contribution in [0.1, 0.15) is 32.4 Å². The fraction of sp³-hybridized carbons (Fsp3) is 0.143. The van der Waals surface area contributed by atoms with E-state index in [4.69, 9.17) is 11.6 Å². The first-order valence-corrected chi connectivity index (χ1v) is 9.79. The van der Waals surface area contributed by atoms with E-state index in [1.165, 1.54) is 0 Å². The first-order valence-electron chi connectivity index (χ1n) is 8.53. The summed E-state index contributed by atoms with van der Waals surface area (Å²) in [5.74, 6) is -0.406. The molecule has 0 radical (unpaired) electrons. The Hall–Kier alpha value is -2.63. The topological polar surface area (TPSA) is 49.4 Å². The summed E-state index contributed by atoms with van der Waals surface area (Å²) in [6.07, 6.45) is 0. The minimum Gasteiger partial charge on any atom is -0.324 e. The average Bonchev–Trinajstić information content (AvgIpc) is 3.13. The number of amides is 2. The molecule has 1 aliphatic heterocycles. The second kappa shape index (κ2) is 7.18. The highest BCUT2D eigenvalue weighted by Crippen LogP contribution is 2.38. The standard InChI is InChI=1S/C21H17ClN2O2S/c1-13-4-9-17-16(11-13)20(18-3-2-10-27-18)24(12-19(25)23-17)21(26)14-5-7-15(22)8-6-14/h2-11,20H,12H2,1H3,(H,23,25). The smallest absolute Gasteiger partial charge is 0.255 e. The number of anilines is 1. The zero-order valence-corrected chi connectivity index (χ0v) is 16.2. The molecule has 4 nitrogen and oxygen atoms in total. The number of nitrogens with one attached hydrogen (secondary N) is 1. The third-order valence-electron chi connectivity index (χ3n) is 4.57. The van der Waals surface area contributed by atoms with Crippen molar-refractivity contribution < 1.29 is 9.59 Å². The van der Waals surface area contributed by atoms with Gasteiger partial charge in [0.05, 0.1) is 6.04 Å². The van der Waals surface area contributed by atoms with Crippen LogP contribution in [-0.4, -0.2) is 23.3 Å². The number of fused-ring (bicyclic) bond motifs is 1. The van der Waals surface area contributed by atoms with Crippen LogP contribution in [-0.2, 0) is 4.79 Å². The number of hydrogen-bond acceptors (Lipinski definition) is 3. The maximum absolute atomic E-state index is 13.3. The fourth-order valence-corrected chi connectivity index (χ4v) is 4.31. The number of hydrogen-bond donors (Lipinski definition) is 1. The van der Waals surface area contributed by atoms with Crippen LogP contribution in [0.25, 0.3) is 0 Å². The van der Waals surface area contributed by atoms with Gasteiger partial charge in [-0.1, -0.05) is 35.4 Å². The molecule has 27 heavy (non-hydrogen) atoms. The van der Waals surface area contributed by atoms with E-state index in [1.807, 2.05) is 42.6 Å². The molecule has 1 atom stereocenters. The Morgan fingerprint density at radius 2 is 1.96 bits per heavy atom. The van der Waals surface area contributed by atoms with Gasteiger partial charge in [0.1, 0.15) is 6.54 Å². The Labute approximate surface area is 166 Å². The molecule has 2 aromatic carbocycles. The normalized spacial score (nSPS) is 16.4. The van der Waals surface area contributed by atoms with Gasteiger partial charge in [-0.3, -0.25) is 9.59 Å². The van der Waals surface area contributed by atoms with Crippen molar-refractivity contribution in [3.8, 4) is 0 Å². The van der Waals surface area contributed by atoms with Crippen LogP contribution in [0.4, 0.5) is 5.69 Å². The number of nitrogens with zero attached hydrogens (tertiary/aromatic N) is 1. The van der Waals surface area contributed by atoms with Gasteiger partial charge in [0.15, 0.2) is 0 Å². The number of benzene rings is 2. The predicted molar refractivity (Wildman–Crippen MR) is 108 cm³/mol. The third kappa shape index (κ3) is 3.48. The highest BCUT2D eigenvalue weighted by Gasteiger charge is 2.34. The largest absolute Gasteiger partial charge is 0.324 e. The molecule has 0 fully saturated rings. The van der Waals surface area contributed by atoms with Crippen LogP contribution in [0.15, 0.2) is 60.0 Å². The average molecular weight is 397 g/mol. The molecular formula is C21H17ClN2O2S. The third-order valence-corrected chi connectivity index (χ3v) is 5.74. The molecule has 136 valence electrons. The number of halogens is 1. The summed E-state index contributed by atoms with van der Waals surface area (Å²) in [7, 11) is 0. The number of carbonyl (C=O) groups excluding carboxylic acids is 2. The molecule has 1 aromatic heterocycles. The molecule has 0 saturated carbocycles. The second-order valence-corrected chi connectivity index (χ2v) is 7.91. The van der Waals surface area contributed by atoms with Crippen molar-refractivity contribution in [2.45, 2.75) is 13.0 Å². The van der Waals surface area contributed by atoms with Crippen molar-refractivity contribution in [3.63, 3.8) is 0 Å². The highest BCUT2D eigenvalue weighted by molar-refractivity contribution is 7.10. The van der Waals surface area contributed by atoms with Gasteiger partial charge >= 0.3 is 0 Å². The Kier molecular flexibility index (Phi) is 4.72. The summed E-state index contributed by atoms with van der Waals surface area (Å²) in [5, 5.41) is 5.49. The molecule has 3 aromatic rings. The van der Waals surface area contributed by atoms with Gasteiger partial charge in [-0.15, -0.1) is 11.3 Å². The van der Waals surface area contributed by atoms with Crippen LogP contribution >= 0.6 is 22.9 Å². The Morgan fingerprint density at radius 1 is 1.19 bits per heavy atom. The minimum atomic E-state index is -0.331. The van der Waals surface area contributed by atoms with E-state index in [-0.39, 0.29) is 24.4 Å². The summed E-state index contributed by atoms with van der Waals surface area (Å²) in [6.45, 7) is 1.99. The molecule has 6 heteroatoms. The predicted octanol–water partition coefficient (Wildman–Crippen LogP) is 4.89. The van der Waals surface area contributed by atoms with E-state index in [9.17, 15) is 9.59 Å². The van der Waals surface area contributed by atoms with Gasteiger partial charge in [-0.05, 0) is 48.7 Å². The zero-order chi connectivity index (χ0) is 19.0. The van der Waals surface area contributed by atoms with E-state index in [0.29, 0.717) is 10.6 Å². The SMILES string of the molecule is Cc1ccc2c(c1)C(c1cccs1)N(C(=O)c1ccc(Cl)cc1)CC(=O)N2. The molecule has 1 unspecified atom stereocenters. The van der Waals surface area contributed by atoms with Crippen LogP contribution in [0.2, 0.25) is 5.02 Å². The molecule has 0 bridgehead atoms. The van der Waals surface area contributed by atoms with Gasteiger partial charge in [0.2, 0.25) is 5.91 Å². The van der Waals surface area contributed by atoms with Crippen molar-refractivity contribution >= 4 is 40.4 Å². The fourth-order valence-electron chi connectivity index (χ4n) is 3.33. The second-order valence-electron chi connectivity index (χ2n) is 6.50. The molecule has 1 aliphatic rings. The van der Waals surface area contributed by atoms with Crippen molar-refractivity contribution in [1.29, 1.82) is 0 Å². The van der Waals surface area contributed by atoms with Crippen molar-refractivity contribution in [1.82, 2.24) is 4.90 Å². The molecule has 1 N–H and O–H groups in total. The lowest BCUT2D eigenvalue weighted by Gasteiger charge is -2.29. The van der Waals surface area contributed by atoms with E-state index in [2.05, 4.69) is 5.32 Å². The van der Waals surface area contributed by atoms with Crippen molar-refractivity contribution in [3.05, 3.63) is 86.6 Å². The summed E-state index contributed by atoms with van der Waals surface area (Å²) >= 11 is 7.53. The highest BCUT2D eigenvalue weighted by atomic mass is 35.5. The molecule has 0 saturated heterocycles. The van der Waals surface area contributed by atoms with Gasteiger partial charge in [-0.25, -0.2) is 0 Å². The van der Waals surface area contributed by atoms with Gasteiger partial charge in [0.25, 0.3) is 5.91 Å². The van der Waals surface area contributed by atoms with Gasteiger partial charge < -0.3 is 10.2 Å². The maximum Gasteiger partial charge on any atom is 0.255 e. The Bertz CT molecular complexity index is 1000. The summed E-state index contributed by atoms with van der Waals surface area (Å²) in [4.78, 5) is 28.5. The van der Waals surface area contributed by atoms with Crippen LogP contribution < -0.4 is 5.32 Å². The lowest BCUT2D eigenvalue weighted by Crippen LogP contribution is -2.38. The first-order chi connectivity index (χ1) is 13.0. The summed E-state index contributed by atoms with van der Waals surface area (Å²) in [5.41, 5.74) is 3.25. The number of carbonyl (C=O) groups is 2. The van der Waals surface area contributed by atoms with E-state index >= 15 is 0 Å². The molecule has 2 heterocycles. The number of rotatable bonds is 2. The molecule has 2 amide bonds. The Morgan fingerprint density at radius 3 is 2.67 bits per heavy atom. The monoisotopic (exact) mass is 396 g/mol. The zero-order valence-electron chi connectivity index (χ0n) is 14.6. The van der Waals surface area contributed by atoms with Gasteiger partial charge in [0, 0.05) is 26.7 Å². The molecule has 0 aliphatic carbocycles. The first kappa shape index (κ1) is 17.8. The summed E-state index contributed by atoms with van der Waals surface area (Å²) in [6, 6.07) is 16.3. The van der Waals surface area contributed by atoms with E-state index < -0.39 is 0 Å². The molecule has 4 rings (SSSR count). The summed E-state index contributed by atoms with van der Waals surface area (Å²) < 4.78 is 0. The van der Waals surface area contributed by atoms with Crippen molar-refractivity contribution in [2.75, 3.05) is 11.9 Å². The number of aryl methyl sites for hydroxylation is 1. The quantitative estimate of drug-likeness (QED) is 0.670. The maximum atomic E-state index is 13.3. The lowest BCUT2D eigenvalue weighted by atomic mass is 9.99. The van der Waals surface area contributed by atoms with E-state index in [0.717, 1.165) is 21.7 Å². The van der Waals surface area contributed by atoms with Crippen molar-refractivity contribution in [2.24, 2.45) is 0 Å². The Balaban J connectivity index is 1.86. The molecule has 0 spiro atoms. The van der Waals surface area contributed by atoms with Gasteiger partial charge in [-0.2, -0.15) is 0 Å². The lowest BCUT2D eigenvalue weighted by molar-refractivity contribution is -0.117. The number of thiophene rings is 1. The molecular weight excluding hydrogens is 380 g/mol. The van der Waals surface area contributed by atoms with E-state index in [1.54, 1.807) is 40.5 Å². The van der Waals surface area contributed by atoms with Crippen LogP contribution in [0.5, 0.6) is 0 Å². The minimum absolute atomic E-state index is 0.0161.